The normalized spacial score (nSPS) is 13.4. The molecular formula is C14H15N3O2. The Morgan fingerprint density at radius 2 is 2.16 bits per heavy atom. The predicted molar refractivity (Wildman–Crippen MR) is 70.8 cm³/mol. The van der Waals surface area contributed by atoms with E-state index < -0.39 is 0 Å². The number of carbonyl (C=O) groups is 1. The highest BCUT2D eigenvalue weighted by molar-refractivity contribution is 6.04. The molecule has 0 spiro atoms. The van der Waals surface area contributed by atoms with Crippen molar-refractivity contribution >= 4 is 11.6 Å². The second-order valence-corrected chi connectivity index (χ2v) is 4.73. The summed E-state index contributed by atoms with van der Waals surface area (Å²) in [6, 6.07) is 5.86. The second-order valence-electron chi connectivity index (χ2n) is 4.73. The van der Waals surface area contributed by atoms with Crippen LogP contribution in [0.2, 0.25) is 0 Å². The number of nitrogens with zero attached hydrogens (tertiary/aromatic N) is 2. The van der Waals surface area contributed by atoms with E-state index in [1.807, 2.05) is 25.1 Å². The van der Waals surface area contributed by atoms with Crippen molar-refractivity contribution in [1.82, 2.24) is 9.78 Å². The Labute approximate surface area is 111 Å². The van der Waals surface area contributed by atoms with Gasteiger partial charge in [-0.05, 0) is 30.2 Å². The monoisotopic (exact) mass is 257 g/mol. The standard InChI is InChI=1S/C14H15N3O2/c1-9-13(6-17(2)16-9)14(18)15-12-4-3-10-7-19-8-11(10)5-12/h3-6H,7-8H2,1-2H3,(H,15,18). The van der Waals surface area contributed by atoms with E-state index in [1.54, 1.807) is 17.9 Å². The first-order chi connectivity index (χ1) is 9.13. The maximum Gasteiger partial charge on any atom is 0.259 e. The van der Waals surface area contributed by atoms with Gasteiger partial charge in [0.05, 0.1) is 24.5 Å². The SMILES string of the molecule is Cc1nn(C)cc1C(=O)Nc1ccc2c(c1)COC2. The molecule has 1 aromatic carbocycles. The van der Waals surface area contributed by atoms with E-state index in [9.17, 15) is 4.79 Å². The average molecular weight is 257 g/mol. The third-order valence-electron chi connectivity index (χ3n) is 3.24. The minimum atomic E-state index is -0.135. The van der Waals surface area contributed by atoms with Crippen LogP contribution in [0.1, 0.15) is 27.2 Å². The fourth-order valence-corrected chi connectivity index (χ4v) is 2.27. The lowest BCUT2D eigenvalue weighted by molar-refractivity contribution is 0.102. The molecule has 5 heteroatoms. The van der Waals surface area contributed by atoms with Gasteiger partial charge < -0.3 is 10.1 Å². The topological polar surface area (TPSA) is 56.2 Å². The lowest BCUT2D eigenvalue weighted by Crippen LogP contribution is -2.12. The van der Waals surface area contributed by atoms with E-state index in [-0.39, 0.29) is 5.91 Å². The number of aromatic nitrogens is 2. The Hall–Kier alpha value is -2.14. The lowest BCUT2D eigenvalue weighted by atomic mass is 10.1. The van der Waals surface area contributed by atoms with Gasteiger partial charge in [-0.25, -0.2) is 0 Å². The Morgan fingerprint density at radius 3 is 2.89 bits per heavy atom. The van der Waals surface area contributed by atoms with Crippen molar-refractivity contribution in [3.05, 3.63) is 46.8 Å². The molecule has 0 atom stereocenters. The second kappa shape index (κ2) is 4.51. The molecule has 1 aromatic heterocycles. The van der Waals surface area contributed by atoms with Crippen LogP contribution in [0, 0.1) is 6.92 Å². The van der Waals surface area contributed by atoms with Gasteiger partial charge in [0, 0.05) is 18.9 Å². The molecular weight excluding hydrogens is 242 g/mol. The number of hydrogen-bond acceptors (Lipinski definition) is 3. The third kappa shape index (κ3) is 2.24. The maximum absolute atomic E-state index is 12.2. The van der Waals surface area contributed by atoms with Crippen molar-refractivity contribution in [3.63, 3.8) is 0 Å². The van der Waals surface area contributed by atoms with Crippen LogP contribution in [0.25, 0.3) is 0 Å². The molecule has 0 unspecified atom stereocenters. The molecule has 0 bridgehead atoms. The number of rotatable bonds is 2. The Balaban J connectivity index is 1.81. The van der Waals surface area contributed by atoms with Crippen LogP contribution in [-0.4, -0.2) is 15.7 Å². The first-order valence-electron chi connectivity index (χ1n) is 6.14. The Morgan fingerprint density at radius 1 is 1.37 bits per heavy atom. The lowest BCUT2D eigenvalue weighted by Gasteiger charge is -2.06. The van der Waals surface area contributed by atoms with Gasteiger partial charge >= 0.3 is 0 Å². The van der Waals surface area contributed by atoms with Gasteiger partial charge in [-0.3, -0.25) is 9.48 Å². The molecule has 0 saturated carbocycles. The number of ether oxygens (including phenoxy) is 1. The Bertz CT molecular complexity index is 646. The van der Waals surface area contributed by atoms with Gasteiger partial charge in [0.1, 0.15) is 0 Å². The maximum atomic E-state index is 12.2. The third-order valence-corrected chi connectivity index (χ3v) is 3.24. The predicted octanol–water partition coefficient (Wildman–Crippen LogP) is 2.01. The summed E-state index contributed by atoms with van der Waals surface area (Å²) in [7, 11) is 1.80. The van der Waals surface area contributed by atoms with E-state index in [1.165, 1.54) is 5.56 Å². The van der Waals surface area contributed by atoms with Gasteiger partial charge in [-0.2, -0.15) is 5.10 Å². The average Bonchev–Trinajstić information content (AvgIpc) is 2.94. The number of benzene rings is 1. The first kappa shape index (κ1) is 11.9. The highest BCUT2D eigenvalue weighted by Crippen LogP contribution is 2.23. The number of aryl methyl sites for hydroxylation is 2. The van der Waals surface area contributed by atoms with Crippen LogP contribution < -0.4 is 5.32 Å². The fourth-order valence-electron chi connectivity index (χ4n) is 2.27. The van der Waals surface area contributed by atoms with Crippen LogP contribution in [-0.2, 0) is 25.0 Å². The summed E-state index contributed by atoms with van der Waals surface area (Å²) in [4.78, 5) is 12.2. The fraction of sp³-hybridized carbons (Fsp3) is 0.286. The summed E-state index contributed by atoms with van der Waals surface area (Å²) in [5.41, 5.74) is 4.44. The highest BCUT2D eigenvalue weighted by atomic mass is 16.5. The molecule has 0 aliphatic carbocycles. The first-order valence-corrected chi connectivity index (χ1v) is 6.14. The molecule has 0 saturated heterocycles. The Kier molecular flexibility index (Phi) is 2.83. The van der Waals surface area contributed by atoms with E-state index in [4.69, 9.17) is 4.74 Å². The van der Waals surface area contributed by atoms with Crippen molar-refractivity contribution in [2.75, 3.05) is 5.32 Å². The number of anilines is 1. The van der Waals surface area contributed by atoms with Crippen molar-refractivity contribution in [3.8, 4) is 0 Å². The van der Waals surface area contributed by atoms with Crippen LogP contribution in [0.15, 0.2) is 24.4 Å². The molecule has 1 N–H and O–H groups in total. The highest BCUT2D eigenvalue weighted by Gasteiger charge is 2.15. The van der Waals surface area contributed by atoms with E-state index in [2.05, 4.69) is 10.4 Å². The van der Waals surface area contributed by atoms with Crippen molar-refractivity contribution in [1.29, 1.82) is 0 Å². The van der Waals surface area contributed by atoms with Crippen molar-refractivity contribution in [2.24, 2.45) is 7.05 Å². The number of hydrogen-bond donors (Lipinski definition) is 1. The van der Waals surface area contributed by atoms with Crippen LogP contribution in [0.4, 0.5) is 5.69 Å². The van der Waals surface area contributed by atoms with Gasteiger partial charge in [0.25, 0.3) is 5.91 Å². The molecule has 2 aromatic rings. The quantitative estimate of drug-likeness (QED) is 0.895. The van der Waals surface area contributed by atoms with Crippen LogP contribution in [0.5, 0.6) is 0 Å². The smallest absolute Gasteiger partial charge is 0.259 e. The molecule has 19 heavy (non-hydrogen) atoms. The summed E-state index contributed by atoms with van der Waals surface area (Å²) < 4.78 is 7.00. The molecule has 98 valence electrons. The largest absolute Gasteiger partial charge is 0.372 e. The minimum Gasteiger partial charge on any atom is -0.372 e. The van der Waals surface area contributed by atoms with E-state index in [0.717, 1.165) is 16.9 Å². The van der Waals surface area contributed by atoms with Gasteiger partial charge in [0.15, 0.2) is 0 Å². The van der Waals surface area contributed by atoms with E-state index >= 15 is 0 Å². The molecule has 0 fully saturated rings. The molecule has 5 nitrogen and oxygen atoms in total. The van der Waals surface area contributed by atoms with Gasteiger partial charge in [-0.15, -0.1) is 0 Å². The zero-order chi connectivity index (χ0) is 13.4. The summed E-state index contributed by atoms with van der Waals surface area (Å²) in [6.07, 6.45) is 1.72. The van der Waals surface area contributed by atoms with Crippen LogP contribution in [0.3, 0.4) is 0 Å². The summed E-state index contributed by atoms with van der Waals surface area (Å²) >= 11 is 0. The van der Waals surface area contributed by atoms with Gasteiger partial charge in [-0.1, -0.05) is 6.07 Å². The molecule has 1 aliphatic heterocycles. The molecule has 0 radical (unpaired) electrons. The number of fused-ring (bicyclic) bond motifs is 1. The molecule has 2 heterocycles. The number of carbonyl (C=O) groups excluding carboxylic acids is 1. The summed E-state index contributed by atoms with van der Waals surface area (Å²) in [5.74, 6) is -0.135. The zero-order valence-electron chi connectivity index (χ0n) is 10.9. The van der Waals surface area contributed by atoms with E-state index in [0.29, 0.717) is 18.8 Å². The van der Waals surface area contributed by atoms with Crippen molar-refractivity contribution in [2.45, 2.75) is 20.1 Å². The van der Waals surface area contributed by atoms with Crippen molar-refractivity contribution < 1.29 is 9.53 Å². The minimum absolute atomic E-state index is 0.135. The molecule has 1 aliphatic rings. The number of amides is 1. The van der Waals surface area contributed by atoms with Crippen LogP contribution >= 0.6 is 0 Å². The van der Waals surface area contributed by atoms with Gasteiger partial charge in [0.2, 0.25) is 0 Å². The molecule has 1 amide bonds. The summed E-state index contributed by atoms with van der Waals surface area (Å²) in [5, 5.41) is 7.06. The molecule has 3 rings (SSSR count). The number of nitrogens with one attached hydrogen (secondary N) is 1. The zero-order valence-corrected chi connectivity index (χ0v) is 10.9. The summed E-state index contributed by atoms with van der Waals surface area (Å²) in [6.45, 7) is 3.10.